The second-order valence-electron chi connectivity index (χ2n) is 5.94. The Hall–Kier alpha value is -3.22. The number of aromatic amines is 1. The monoisotopic (exact) mass is 409 g/mol. The summed E-state index contributed by atoms with van der Waals surface area (Å²) < 4.78 is 30.8. The molecular weight excluding hydrogens is 394 g/mol. The van der Waals surface area contributed by atoms with Gasteiger partial charge in [-0.1, -0.05) is 12.0 Å². The van der Waals surface area contributed by atoms with Crippen molar-refractivity contribution in [1.29, 1.82) is 0 Å². The number of anilines is 1. The maximum absolute atomic E-state index is 12.9. The van der Waals surface area contributed by atoms with Crippen molar-refractivity contribution < 1.29 is 8.42 Å². The van der Waals surface area contributed by atoms with Gasteiger partial charge in [-0.25, -0.2) is 17.7 Å². The fraction of sp³-hybridized carbons (Fsp3) is 0.105. The van der Waals surface area contributed by atoms with Gasteiger partial charge >= 0.3 is 0 Å². The second-order valence-corrected chi connectivity index (χ2v) is 8.67. The molecule has 4 aromatic rings. The van der Waals surface area contributed by atoms with Gasteiger partial charge in [0, 0.05) is 64.8 Å². The Labute approximate surface area is 166 Å². The smallest absolute Gasteiger partial charge is 0.265 e. The van der Waals surface area contributed by atoms with Gasteiger partial charge in [-0.2, -0.15) is 4.37 Å². The van der Waals surface area contributed by atoms with E-state index in [1.165, 1.54) is 13.4 Å². The number of sulfonamides is 1. The molecule has 3 heterocycles. The Bertz CT molecular complexity index is 1320. The maximum Gasteiger partial charge on any atom is 0.265 e. The Morgan fingerprint density at radius 3 is 2.82 bits per heavy atom. The molecule has 0 radical (unpaired) electrons. The summed E-state index contributed by atoms with van der Waals surface area (Å²) in [6.45, 7) is 1.78. The zero-order valence-electron chi connectivity index (χ0n) is 15.0. The summed E-state index contributed by atoms with van der Waals surface area (Å²) in [5.41, 5.74) is 3.39. The van der Waals surface area contributed by atoms with E-state index in [1.54, 1.807) is 37.5 Å². The van der Waals surface area contributed by atoms with Gasteiger partial charge in [0.05, 0.1) is 4.90 Å². The summed E-state index contributed by atoms with van der Waals surface area (Å²) in [5.74, 6) is 5.86. The van der Waals surface area contributed by atoms with E-state index in [2.05, 4.69) is 31.2 Å². The lowest BCUT2D eigenvalue weighted by atomic mass is 10.1. The summed E-state index contributed by atoms with van der Waals surface area (Å²) in [5, 5.41) is 1.22. The van der Waals surface area contributed by atoms with Crippen molar-refractivity contribution in [2.45, 2.75) is 11.8 Å². The van der Waals surface area contributed by atoms with Crippen LogP contribution in [0.1, 0.15) is 12.5 Å². The molecule has 28 heavy (non-hydrogen) atoms. The van der Waals surface area contributed by atoms with Gasteiger partial charge in [-0.05, 0) is 25.1 Å². The van der Waals surface area contributed by atoms with E-state index < -0.39 is 10.0 Å². The molecule has 0 bridgehead atoms. The molecule has 0 aliphatic rings. The van der Waals surface area contributed by atoms with E-state index >= 15 is 0 Å². The minimum Gasteiger partial charge on any atom is -0.361 e. The average Bonchev–Trinajstić information content (AvgIpc) is 3.37. The van der Waals surface area contributed by atoms with Gasteiger partial charge in [0.25, 0.3) is 10.0 Å². The van der Waals surface area contributed by atoms with Crippen LogP contribution in [-0.2, 0) is 10.0 Å². The molecule has 0 spiro atoms. The third kappa shape index (κ3) is 3.13. The number of nitrogens with zero attached hydrogens (tertiary/aromatic N) is 4. The Morgan fingerprint density at radius 2 is 2.07 bits per heavy atom. The molecule has 1 N–H and O–H groups in total. The van der Waals surface area contributed by atoms with Gasteiger partial charge in [0.2, 0.25) is 5.13 Å². The van der Waals surface area contributed by atoms with Crippen LogP contribution in [0, 0.1) is 11.8 Å². The lowest BCUT2D eigenvalue weighted by molar-refractivity contribution is 0.594. The van der Waals surface area contributed by atoms with Crippen molar-refractivity contribution in [2.75, 3.05) is 11.4 Å². The number of pyridine rings is 1. The number of hydrogen-bond acceptors (Lipinski definition) is 6. The highest BCUT2D eigenvalue weighted by atomic mass is 32.2. The maximum atomic E-state index is 12.9. The molecule has 7 nitrogen and oxygen atoms in total. The molecule has 0 aliphatic heterocycles. The van der Waals surface area contributed by atoms with Crippen LogP contribution in [0.15, 0.2) is 54.1 Å². The molecule has 3 aromatic heterocycles. The molecule has 0 saturated heterocycles. The first-order valence-electron chi connectivity index (χ1n) is 8.25. The molecular formula is C19H15N5O2S2. The van der Waals surface area contributed by atoms with E-state index in [9.17, 15) is 8.42 Å². The van der Waals surface area contributed by atoms with Crippen LogP contribution in [-0.4, -0.2) is 34.8 Å². The highest BCUT2D eigenvalue weighted by molar-refractivity contribution is 7.93. The summed E-state index contributed by atoms with van der Waals surface area (Å²) >= 11 is 1.02. The number of rotatable bonds is 4. The van der Waals surface area contributed by atoms with Crippen LogP contribution in [0.25, 0.3) is 22.0 Å². The fourth-order valence-corrected chi connectivity index (χ4v) is 4.74. The van der Waals surface area contributed by atoms with Crippen molar-refractivity contribution in [1.82, 2.24) is 19.3 Å². The first kappa shape index (κ1) is 18.2. The lowest BCUT2D eigenvalue weighted by Gasteiger charge is -2.15. The number of nitrogens with one attached hydrogen (secondary N) is 1. The molecule has 0 atom stereocenters. The lowest BCUT2D eigenvalue weighted by Crippen LogP contribution is -2.26. The van der Waals surface area contributed by atoms with Gasteiger partial charge in [0.15, 0.2) is 0 Å². The van der Waals surface area contributed by atoms with Crippen molar-refractivity contribution in [3.63, 3.8) is 0 Å². The first-order valence-corrected chi connectivity index (χ1v) is 10.5. The van der Waals surface area contributed by atoms with Gasteiger partial charge in [0.1, 0.15) is 6.33 Å². The standard InChI is InChI=1S/C19H15N5O2S2/c1-3-4-13-7-14(10-20-9-13)17-11-21-18-8-15(5-6-16(17)18)28(25,26)24(2)19-22-12-23-27-19/h5-12,21H,1-2H3. The van der Waals surface area contributed by atoms with Crippen molar-refractivity contribution in [3.05, 3.63) is 54.7 Å². The van der Waals surface area contributed by atoms with E-state index in [1.807, 2.05) is 12.3 Å². The van der Waals surface area contributed by atoms with Crippen molar-refractivity contribution in [3.8, 4) is 23.0 Å². The van der Waals surface area contributed by atoms with Gasteiger partial charge < -0.3 is 4.98 Å². The van der Waals surface area contributed by atoms with Crippen molar-refractivity contribution >= 4 is 37.6 Å². The molecule has 1 aromatic carbocycles. The minimum atomic E-state index is -3.73. The molecule has 4 rings (SSSR count). The van der Waals surface area contributed by atoms with E-state index in [4.69, 9.17) is 0 Å². The quantitative estimate of drug-likeness (QED) is 0.522. The van der Waals surface area contributed by atoms with Crippen LogP contribution in [0.5, 0.6) is 0 Å². The van der Waals surface area contributed by atoms with Crippen molar-refractivity contribution in [2.24, 2.45) is 0 Å². The summed E-state index contributed by atoms with van der Waals surface area (Å²) in [7, 11) is -2.27. The molecule has 0 aliphatic carbocycles. The number of benzene rings is 1. The molecule has 0 amide bonds. The molecule has 9 heteroatoms. The highest BCUT2D eigenvalue weighted by Gasteiger charge is 2.24. The van der Waals surface area contributed by atoms with Crippen LogP contribution in [0.4, 0.5) is 5.13 Å². The molecule has 140 valence electrons. The Morgan fingerprint density at radius 1 is 1.21 bits per heavy atom. The number of aromatic nitrogens is 4. The van der Waals surface area contributed by atoms with Crippen LogP contribution < -0.4 is 4.31 Å². The third-order valence-corrected chi connectivity index (χ3v) is 6.85. The topological polar surface area (TPSA) is 91.8 Å². The highest BCUT2D eigenvalue weighted by Crippen LogP contribution is 2.31. The van der Waals surface area contributed by atoms with E-state index in [-0.39, 0.29) is 4.90 Å². The summed E-state index contributed by atoms with van der Waals surface area (Å²) in [6, 6.07) is 6.96. The molecule has 0 saturated carbocycles. The van der Waals surface area contributed by atoms with E-state index in [0.29, 0.717) is 10.6 Å². The number of fused-ring (bicyclic) bond motifs is 1. The summed E-state index contributed by atoms with van der Waals surface area (Å²) in [6.07, 6.45) is 6.65. The van der Waals surface area contributed by atoms with Gasteiger partial charge in [-0.15, -0.1) is 5.92 Å². The van der Waals surface area contributed by atoms with Gasteiger partial charge in [-0.3, -0.25) is 4.98 Å². The predicted molar refractivity (Wildman–Crippen MR) is 110 cm³/mol. The zero-order valence-corrected chi connectivity index (χ0v) is 16.7. The first-order chi connectivity index (χ1) is 13.5. The Balaban J connectivity index is 1.76. The SMILES string of the molecule is CC#Cc1cncc(-c2c[nH]c3cc(S(=O)(=O)N(C)c4ncns4)ccc23)c1. The predicted octanol–water partition coefficient (Wildman–Crippen LogP) is 3.28. The molecule has 0 unspecified atom stereocenters. The molecule has 0 fully saturated rings. The fourth-order valence-electron chi connectivity index (χ4n) is 2.87. The van der Waals surface area contributed by atoms with Crippen LogP contribution >= 0.6 is 11.5 Å². The third-order valence-electron chi connectivity index (χ3n) is 4.25. The van der Waals surface area contributed by atoms with Crippen LogP contribution in [0.2, 0.25) is 0 Å². The largest absolute Gasteiger partial charge is 0.361 e. The number of H-pyrrole nitrogens is 1. The van der Waals surface area contributed by atoms with Crippen LogP contribution in [0.3, 0.4) is 0 Å². The van der Waals surface area contributed by atoms with E-state index in [0.717, 1.165) is 37.9 Å². The zero-order chi connectivity index (χ0) is 19.7. The number of hydrogen-bond donors (Lipinski definition) is 1. The summed E-state index contributed by atoms with van der Waals surface area (Å²) in [4.78, 5) is 11.5. The second kappa shape index (κ2) is 7.07. The minimum absolute atomic E-state index is 0.176. The Kier molecular flexibility index (Phi) is 4.58. The average molecular weight is 409 g/mol. The normalized spacial score (nSPS) is 11.2.